The lowest BCUT2D eigenvalue weighted by molar-refractivity contribution is -0.125. The third-order valence-electron chi connectivity index (χ3n) is 3.87. The summed E-state index contributed by atoms with van der Waals surface area (Å²) in [6, 6.07) is 14.4. The van der Waals surface area contributed by atoms with Gasteiger partial charge in [0, 0.05) is 5.56 Å². The minimum atomic E-state index is -0.805. The van der Waals surface area contributed by atoms with Gasteiger partial charge in [0.05, 0.1) is 6.61 Å². The van der Waals surface area contributed by atoms with Gasteiger partial charge < -0.3 is 18.6 Å². The number of benzene rings is 2. The van der Waals surface area contributed by atoms with Gasteiger partial charge in [-0.25, -0.2) is 0 Å². The van der Waals surface area contributed by atoms with E-state index in [4.69, 9.17) is 18.6 Å². The Balaban J connectivity index is 1.41. The Bertz CT molecular complexity index is 939. The molecule has 8 nitrogen and oxygen atoms in total. The molecule has 3 aromatic rings. The first-order chi connectivity index (χ1) is 13.2. The van der Waals surface area contributed by atoms with Crippen LogP contribution in [0.4, 0.5) is 6.01 Å². The summed E-state index contributed by atoms with van der Waals surface area (Å²) in [5.74, 6) is 1.75. The zero-order chi connectivity index (χ0) is 18.6. The van der Waals surface area contributed by atoms with Gasteiger partial charge >= 0.3 is 6.01 Å². The molecule has 4 rings (SSSR count). The number of carbonyl (C=O) groups is 1. The fourth-order valence-corrected chi connectivity index (χ4v) is 2.59. The van der Waals surface area contributed by atoms with Crippen molar-refractivity contribution in [3.63, 3.8) is 0 Å². The van der Waals surface area contributed by atoms with Crippen LogP contribution in [0.1, 0.15) is 6.92 Å². The number of carbonyl (C=O) groups excluding carboxylic acids is 1. The van der Waals surface area contributed by atoms with E-state index in [2.05, 4.69) is 15.5 Å². The Hall–Kier alpha value is -3.55. The molecule has 0 saturated carbocycles. The van der Waals surface area contributed by atoms with Gasteiger partial charge in [0.1, 0.15) is 12.4 Å². The highest BCUT2D eigenvalue weighted by Crippen LogP contribution is 2.31. The van der Waals surface area contributed by atoms with Crippen molar-refractivity contribution >= 4 is 11.9 Å². The van der Waals surface area contributed by atoms with Crippen LogP contribution in [0.25, 0.3) is 11.5 Å². The normalized spacial score (nSPS) is 15.2. The summed E-state index contributed by atoms with van der Waals surface area (Å²) < 4.78 is 22.1. The summed E-state index contributed by atoms with van der Waals surface area (Å²) in [5, 5.41) is 10.4. The van der Waals surface area contributed by atoms with Crippen molar-refractivity contribution in [3.05, 3.63) is 48.5 Å². The molecule has 0 spiro atoms. The summed E-state index contributed by atoms with van der Waals surface area (Å²) in [6.45, 7) is 2.61. The number of aromatic nitrogens is 2. The number of nitrogens with zero attached hydrogens (tertiary/aromatic N) is 2. The predicted octanol–water partition coefficient (Wildman–Crippen LogP) is 2.91. The number of fused-ring (bicyclic) bond motifs is 1. The van der Waals surface area contributed by atoms with Crippen molar-refractivity contribution < 1.29 is 23.4 Å². The summed E-state index contributed by atoms with van der Waals surface area (Å²) in [4.78, 5) is 12.4. The van der Waals surface area contributed by atoms with Crippen molar-refractivity contribution in [1.29, 1.82) is 0 Å². The fourth-order valence-electron chi connectivity index (χ4n) is 2.59. The molecule has 2 aromatic carbocycles. The minimum Gasteiger partial charge on any atom is -0.494 e. The van der Waals surface area contributed by atoms with Gasteiger partial charge in [0.2, 0.25) is 12.0 Å². The van der Waals surface area contributed by atoms with Crippen LogP contribution in [0.5, 0.6) is 17.2 Å². The maximum Gasteiger partial charge on any atom is 0.322 e. The molecule has 2 heterocycles. The second kappa shape index (κ2) is 7.36. The summed E-state index contributed by atoms with van der Waals surface area (Å²) in [6.07, 6.45) is -0.805. The number of amides is 1. The van der Waals surface area contributed by atoms with Crippen molar-refractivity contribution in [3.8, 4) is 28.7 Å². The minimum absolute atomic E-state index is 0.00802. The second-order valence-corrected chi connectivity index (χ2v) is 5.72. The SMILES string of the molecule is CCOc1ccc(-c2nnc(NC(=O)[C@@H]3COc4ccccc4O3)o2)cc1. The highest BCUT2D eigenvalue weighted by Gasteiger charge is 2.28. The van der Waals surface area contributed by atoms with Crippen molar-refractivity contribution in [2.75, 3.05) is 18.5 Å². The Morgan fingerprint density at radius 2 is 1.93 bits per heavy atom. The monoisotopic (exact) mass is 367 g/mol. The van der Waals surface area contributed by atoms with Crippen LogP contribution >= 0.6 is 0 Å². The highest BCUT2D eigenvalue weighted by molar-refractivity contribution is 5.93. The topological polar surface area (TPSA) is 95.7 Å². The number of rotatable bonds is 5. The molecule has 1 aromatic heterocycles. The predicted molar refractivity (Wildman–Crippen MR) is 95.9 cm³/mol. The second-order valence-electron chi connectivity index (χ2n) is 5.72. The first-order valence-electron chi connectivity index (χ1n) is 8.49. The van der Waals surface area contributed by atoms with Gasteiger partial charge in [-0.15, -0.1) is 5.10 Å². The number of hydrogen-bond acceptors (Lipinski definition) is 7. The van der Waals surface area contributed by atoms with E-state index < -0.39 is 12.0 Å². The molecule has 1 amide bonds. The Morgan fingerprint density at radius 1 is 1.15 bits per heavy atom. The molecule has 0 aliphatic carbocycles. The van der Waals surface area contributed by atoms with Gasteiger partial charge in [-0.1, -0.05) is 17.2 Å². The zero-order valence-corrected chi connectivity index (χ0v) is 14.5. The first-order valence-corrected chi connectivity index (χ1v) is 8.49. The molecular weight excluding hydrogens is 350 g/mol. The molecule has 27 heavy (non-hydrogen) atoms. The van der Waals surface area contributed by atoms with Crippen LogP contribution in [0.15, 0.2) is 52.9 Å². The van der Waals surface area contributed by atoms with E-state index in [-0.39, 0.29) is 12.6 Å². The summed E-state index contributed by atoms with van der Waals surface area (Å²) in [7, 11) is 0. The molecule has 0 bridgehead atoms. The van der Waals surface area contributed by atoms with Crippen LogP contribution in [0.2, 0.25) is 0 Å². The molecule has 1 N–H and O–H groups in total. The van der Waals surface area contributed by atoms with E-state index in [9.17, 15) is 4.79 Å². The molecule has 0 radical (unpaired) electrons. The molecule has 0 fully saturated rings. The average molecular weight is 367 g/mol. The van der Waals surface area contributed by atoms with Gasteiger partial charge in [-0.2, -0.15) is 0 Å². The van der Waals surface area contributed by atoms with E-state index in [1.54, 1.807) is 24.3 Å². The lowest BCUT2D eigenvalue weighted by Gasteiger charge is -2.24. The number of para-hydroxylation sites is 2. The molecule has 1 atom stereocenters. The molecule has 0 saturated heterocycles. The van der Waals surface area contributed by atoms with Gasteiger partial charge in [0.25, 0.3) is 5.91 Å². The number of nitrogens with one attached hydrogen (secondary N) is 1. The smallest absolute Gasteiger partial charge is 0.322 e. The van der Waals surface area contributed by atoms with Crippen molar-refractivity contribution in [1.82, 2.24) is 10.2 Å². The lowest BCUT2D eigenvalue weighted by Crippen LogP contribution is -2.40. The maximum atomic E-state index is 12.4. The van der Waals surface area contributed by atoms with Crippen molar-refractivity contribution in [2.45, 2.75) is 13.0 Å². The molecular formula is C19H17N3O5. The third-order valence-corrected chi connectivity index (χ3v) is 3.87. The summed E-state index contributed by atoms with van der Waals surface area (Å²) >= 11 is 0. The van der Waals surface area contributed by atoms with Gasteiger partial charge in [0.15, 0.2) is 11.5 Å². The lowest BCUT2D eigenvalue weighted by atomic mass is 10.2. The maximum absolute atomic E-state index is 12.4. The van der Waals surface area contributed by atoms with Crippen LogP contribution in [0, 0.1) is 0 Å². The van der Waals surface area contributed by atoms with E-state index in [0.29, 0.717) is 24.0 Å². The number of anilines is 1. The van der Waals surface area contributed by atoms with Gasteiger partial charge in [-0.05, 0) is 43.3 Å². The molecule has 138 valence electrons. The standard InChI is InChI=1S/C19H17N3O5/c1-2-24-13-9-7-12(8-10-13)18-21-22-19(27-18)20-17(23)16-11-25-14-5-3-4-6-15(14)26-16/h3-10,16H,2,11H2,1H3,(H,20,22,23)/t16-/m0/s1. The van der Waals surface area contributed by atoms with E-state index in [1.807, 2.05) is 31.2 Å². The first kappa shape index (κ1) is 16.9. The number of hydrogen-bond donors (Lipinski definition) is 1. The zero-order valence-electron chi connectivity index (χ0n) is 14.5. The molecule has 8 heteroatoms. The Morgan fingerprint density at radius 3 is 2.70 bits per heavy atom. The van der Waals surface area contributed by atoms with Crippen LogP contribution < -0.4 is 19.5 Å². The average Bonchev–Trinajstić information content (AvgIpc) is 3.17. The third kappa shape index (κ3) is 3.69. The quantitative estimate of drug-likeness (QED) is 0.741. The largest absolute Gasteiger partial charge is 0.494 e. The van der Waals surface area contributed by atoms with Gasteiger partial charge in [-0.3, -0.25) is 10.1 Å². The Labute approximate surface area is 155 Å². The number of ether oxygens (including phenoxy) is 3. The molecule has 0 unspecified atom stereocenters. The van der Waals surface area contributed by atoms with E-state index in [0.717, 1.165) is 11.3 Å². The molecule has 1 aliphatic heterocycles. The van der Waals surface area contributed by atoms with E-state index in [1.165, 1.54) is 0 Å². The fraction of sp³-hybridized carbons (Fsp3) is 0.211. The van der Waals surface area contributed by atoms with Crippen molar-refractivity contribution in [2.24, 2.45) is 0 Å². The molecule has 1 aliphatic rings. The van der Waals surface area contributed by atoms with E-state index >= 15 is 0 Å². The summed E-state index contributed by atoms with van der Waals surface area (Å²) in [5.41, 5.74) is 0.720. The Kier molecular flexibility index (Phi) is 4.61. The van der Waals surface area contributed by atoms with Crippen LogP contribution in [-0.2, 0) is 4.79 Å². The van der Waals surface area contributed by atoms with Crippen LogP contribution in [-0.4, -0.2) is 35.4 Å². The highest BCUT2D eigenvalue weighted by atomic mass is 16.6. The van der Waals surface area contributed by atoms with Crippen LogP contribution in [0.3, 0.4) is 0 Å².